The molecule has 0 amide bonds. The van der Waals surface area contributed by atoms with Crippen molar-refractivity contribution in [2.45, 2.75) is 12.8 Å². The Kier molecular flexibility index (Phi) is 5.40. The second-order valence-corrected chi connectivity index (χ2v) is 7.85. The van der Waals surface area contributed by atoms with Crippen LogP contribution in [0.2, 0.25) is 0 Å². The minimum absolute atomic E-state index is 0.300. The highest BCUT2D eigenvalue weighted by atomic mass is 19.1. The number of fused-ring (bicyclic) bond motifs is 1. The van der Waals surface area contributed by atoms with E-state index in [4.69, 9.17) is 5.73 Å². The molecule has 0 bridgehead atoms. The van der Waals surface area contributed by atoms with Gasteiger partial charge in [-0.1, -0.05) is 12.1 Å². The lowest BCUT2D eigenvalue weighted by atomic mass is 10.1. The molecule has 32 heavy (non-hydrogen) atoms. The number of hydrogen-bond donors (Lipinski definition) is 2. The van der Waals surface area contributed by atoms with Crippen molar-refractivity contribution in [2.75, 3.05) is 37.2 Å². The number of nitrogens with one attached hydrogen (secondary N) is 1. The first-order valence-corrected chi connectivity index (χ1v) is 10.6. The SMILES string of the molecule is Nc1c2c(-c3cccc(F)c3)nc(NCCN3CCCC3)nc2nn1-c1ccc(F)cc1. The first-order valence-electron chi connectivity index (χ1n) is 10.6. The van der Waals surface area contributed by atoms with Gasteiger partial charge >= 0.3 is 0 Å². The average Bonchev–Trinajstić information content (AvgIpc) is 3.42. The van der Waals surface area contributed by atoms with Crippen molar-refractivity contribution >= 4 is 22.8 Å². The minimum atomic E-state index is -0.373. The fourth-order valence-electron chi connectivity index (χ4n) is 4.05. The van der Waals surface area contributed by atoms with Crippen LogP contribution in [0.4, 0.5) is 20.5 Å². The third-order valence-electron chi connectivity index (χ3n) is 5.65. The van der Waals surface area contributed by atoms with E-state index in [1.165, 1.54) is 41.8 Å². The molecular weight excluding hydrogens is 412 g/mol. The predicted molar refractivity (Wildman–Crippen MR) is 121 cm³/mol. The van der Waals surface area contributed by atoms with E-state index in [9.17, 15) is 8.78 Å². The van der Waals surface area contributed by atoms with Crippen LogP contribution in [0.1, 0.15) is 12.8 Å². The Morgan fingerprint density at radius 2 is 1.75 bits per heavy atom. The summed E-state index contributed by atoms with van der Waals surface area (Å²) in [6.07, 6.45) is 2.46. The molecule has 2 aromatic carbocycles. The van der Waals surface area contributed by atoms with Gasteiger partial charge in [0.05, 0.1) is 16.8 Å². The Morgan fingerprint density at radius 3 is 2.50 bits per heavy atom. The minimum Gasteiger partial charge on any atom is -0.383 e. The predicted octanol–water partition coefficient (Wildman–Crippen LogP) is 3.85. The summed E-state index contributed by atoms with van der Waals surface area (Å²) >= 11 is 0. The summed E-state index contributed by atoms with van der Waals surface area (Å²) in [5.74, 6) is -0.0229. The maximum atomic E-state index is 14.0. The lowest BCUT2D eigenvalue weighted by molar-refractivity contribution is 0.352. The summed E-state index contributed by atoms with van der Waals surface area (Å²) < 4.78 is 28.9. The van der Waals surface area contributed by atoms with E-state index in [0.717, 1.165) is 19.6 Å². The molecule has 2 aromatic heterocycles. The molecule has 1 saturated heterocycles. The lowest BCUT2D eigenvalue weighted by Crippen LogP contribution is -2.26. The fourth-order valence-corrected chi connectivity index (χ4v) is 4.05. The number of aromatic nitrogens is 4. The van der Waals surface area contributed by atoms with Crippen molar-refractivity contribution in [3.8, 4) is 16.9 Å². The number of nitrogens with two attached hydrogens (primary N) is 1. The van der Waals surface area contributed by atoms with Gasteiger partial charge in [0, 0.05) is 18.7 Å². The van der Waals surface area contributed by atoms with Gasteiger partial charge in [0.15, 0.2) is 5.65 Å². The Hall–Kier alpha value is -3.59. The zero-order valence-electron chi connectivity index (χ0n) is 17.4. The van der Waals surface area contributed by atoms with Crippen molar-refractivity contribution in [2.24, 2.45) is 0 Å². The zero-order chi connectivity index (χ0) is 22.1. The molecule has 4 aromatic rings. The van der Waals surface area contributed by atoms with Crippen LogP contribution in [0.3, 0.4) is 0 Å². The Morgan fingerprint density at radius 1 is 0.969 bits per heavy atom. The van der Waals surface area contributed by atoms with Crippen LogP contribution in [0.5, 0.6) is 0 Å². The van der Waals surface area contributed by atoms with Crippen LogP contribution in [0.25, 0.3) is 28.0 Å². The molecule has 0 aliphatic carbocycles. The molecule has 0 spiro atoms. The molecule has 7 nitrogen and oxygen atoms in total. The van der Waals surface area contributed by atoms with Crippen LogP contribution in [-0.4, -0.2) is 50.8 Å². The van der Waals surface area contributed by atoms with E-state index in [1.54, 1.807) is 24.3 Å². The summed E-state index contributed by atoms with van der Waals surface area (Å²) in [6, 6.07) is 12.0. The van der Waals surface area contributed by atoms with Crippen molar-refractivity contribution in [1.29, 1.82) is 0 Å². The molecule has 164 valence electrons. The third kappa shape index (κ3) is 3.99. The van der Waals surface area contributed by atoms with E-state index in [2.05, 4.69) is 25.3 Å². The smallest absolute Gasteiger partial charge is 0.225 e. The van der Waals surface area contributed by atoms with Gasteiger partial charge in [-0.05, 0) is 62.3 Å². The Labute approximate surface area is 183 Å². The molecule has 0 saturated carbocycles. The van der Waals surface area contributed by atoms with Gasteiger partial charge < -0.3 is 16.0 Å². The second-order valence-electron chi connectivity index (χ2n) is 7.85. The van der Waals surface area contributed by atoms with E-state index >= 15 is 0 Å². The number of halogens is 2. The maximum Gasteiger partial charge on any atom is 0.225 e. The average molecular weight is 435 g/mol. The maximum absolute atomic E-state index is 14.0. The number of nitrogen functional groups attached to an aromatic ring is 1. The normalized spacial score (nSPS) is 14.3. The molecule has 5 rings (SSSR count). The van der Waals surface area contributed by atoms with Gasteiger partial charge in [0.25, 0.3) is 0 Å². The van der Waals surface area contributed by atoms with Crippen LogP contribution in [-0.2, 0) is 0 Å². The monoisotopic (exact) mass is 435 g/mol. The van der Waals surface area contributed by atoms with Gasteiger partial charge in [0.1, 0.15) is 17.5 Å². The van der Waals surface area contributed by atoms with Crippen molar-refractivity contribution < 1.29 is 8.78 Å². The summed E-state index contributed by atoms with van der Waals surface area (Å²) in [6.45, 7) is 3.79. The van der Waals surface area contributed by atoms with Crippen molar-refractivity contribution in [3.05, 3.63) is 60.2 Å². The molecule has 0 atom stereocenters. The summed E-state index contributed by atoms with van der Waals surface area (Å²) in [7, 11) is 0. The molecule has 1 fully saturated rings. The van der Waals surface area contributed by atoms with Gasteiger partial charge in [-0.3, -0.25) is 0 Å². The number of rotatable bonds is 6. The fraction of sp³-hybridized carbons (Fsp3) is 0.261. The summed E-state index contributed by atoms with van der Waals surface area (Å²) in [4.78, 5) is 11.6. The molecule has 1 aliphatic rings. The molecule has 0 unspecified atom stereocenters. The number of anilines is 2. The standard InChI is InChI=1S/C23H23F2N7/c24-16-6-8-18(9-7-16)32-21(26)19-20(15-4-3-5-17(25)14-15)28-23(29-22(19)30-32)27-10-13-31-11-1-2-12-31/h3-9,14H,1-2,10-13,26H2,(H,27,29,30). The Bertz CT molecular complexity index is 1250. The molecule has 0 radical (unpaired) electrons. The van der Waals surface area contributed by atoms with E-state index < -0.39 is 0 Å². The van der Waals surface area contributed by atoms with Crippen LogP contribution < -0.4 is 11.1 Å². The third-order valence-corrected chi connectivity index (χ3v) is 5.65. The lowest BCUT2D eigenvalue weighted by Gasteiger charge is -2.15. The highest BCUT2D eigenvalue weighted by molar-refractivity contribution is 5.99. The molecule has 3 heterocycles. The topological polar surface area (TPSA) is 84.9 Å². The van der Waals surface area contributed by atoms with Crippen LogP contribution in [0, 0.1) is 11.6 Å². The summed E-state index contributed by atoms with van der Waals surface area (Å²) in [5.41, 5.74) is 8.46. The molecule has 3 N–H and O–H groups in total. The highest BCUT2D eigenvalue weighted by Gasteiger charge is 2.20. The van der Waals surface area contributed by atoms with Crippen LogP contribution >= 0.6 is 0 Å². The van der Waals surface area contributed by atoms with E-state index in [0.29, 0.717) is 46.3 Å². The van der Waals surface area contributed by atoms with Gasteiger partial charge in [-0.2, -0.15) is 4.98 Å². The number of benzene rings is 2. The number of nitrogens with zero attached hydrogens (tertiary/aromatic N) is 5. The van der Waals surface area contributed by atoms with Gasteiger partial charge in [-0.25, -0.2) is 18.4 Å². The number of hydrogen-bond acceptors (Lipinski definition) is 6. The van der Waals surface area contributed by atoms with E-state index in [1.807, 2.05) is 0 Å². The van der Waals surface area contributed by atoms with Gasteiger partial charge in [-0.15, -0.1) is 5.10 Å². The first-order chi connectivity index (χ1) is 15.6. The zero-order valence-corrected chi connectivity index (χ0v) is 17.4. The van der Waals surface area contributed by atoms with Crippen molar-refractivity contribution in [3.63, 3.8) is 0 Å². The van der Waals surface area contributed by atoms with Gasteiger partial charge in [0.2, 0.25) is 5.95 Å². The van der Waals surface area contributed by atoms with E-state index in [-0.39, 0.29) is 11.6 Å². The molecule has 1 aliphatic heterocycles. The summed E-state index contributed by atoms with van der Waals surface area (Å²) in [5, 5.41) is 8.33. The molecule has 9 heteroatoms. The number of likely N-dealkylation sites (tertiary alicyclic amines) is 1. The van der Waals surface area contributed by atoms with Crippen LogP contribution in [0.15, 0.2) is 48.5 Å². The second kappa shape index (κ2) is 8.51. The Balaban J connectivity index is 1.57. The largest absolute Gasteiger partial charge is 0.383 e. The molecular formula is C23H23F2N7. The van der Waals surface area contributed by atoms with Crippen molar-refractivity contribution in [1.82, 2.24) is 24.6 Å². The quantitative estimate of drug-likeness (QED) is 0.479. The highest BCUT2D eigenvalue weighted by Crippen LogP contribution is 2.33. The first kappa shape index (κ1) is 20.3.